The van der Waals surface area contributed by atoms with Gasteiger partial charge >= 0.3 is 6.09 Å². The van der Waals surface area contributed by atoms with E-state index in [1.807, 2.05) is 37.4 Å². The molecule has 0 spiro atoms. The molecule has 3 nitrogen and oxygen atoms in total. The van der Waals surface area contributed by atoms with Crippen molar-refractivity contribution in [1.29, 1.82) is 0 Å². The number of carbonyl (C=O) groups excluding carboxylic acids is 1. The molecule has 0 saturated carbocycles. The zero-order valence-electron chi connectivity index (χ0n) is 8.95. The Morgan fingerprint density at radius 3 is 2.36 bits per heavy atom. The Hall–Kier alpha value is -0.380. The molecule has 14 heavy (non-hydrogen) atoms. The molecule has 4 heteroatoms. The number of hydrogen-bond acceptors (Lipinski definition) is 3. The third-order valence-corrected chi connectivity index (χ3v) is 3.80. The van der Waals surface area contributed by atoms with Crippen molar-refractivity contribution in [2.24, 2.45) is 0 Å². The molecule has 2 atom stereocenters. The molecule has 3 heterocycles. The monoisotopic (exact) mass is 215 g/mol. The van der Waals surface area contributed by atoms with Gasteiger partial charge in [0.15, 0.2) is 0 Å². The van der Waals surface area contributed by atoms with Gasteiger partial charge in [-0.25, -0.2) is 4.79 Å². The maximum Gasteiger partial charge on any atom is 0.410 e. The lowest BCUT2D eigenvalue weighted by Gasteiger charge is -2.51. The molecule has 3 saturated heterocycles. The number of thioether (sulfide) groups is 1. The van der Waals surface area contributed by atoms with Crippen LogP contribution in [0, 0.1) is 0 Å². The molecule has 0 aromatic carbocycles. The molecular formula is C10H17NO2S. The van der Waals surface area contributed by atoms with E-state index in [1.165, 1.54) is 6.42 Å². The summed E-state index contributed by atoms with van der Waals surface area (Å²) in [6.45, 7) is 5.74. The second-order valence-corrected chi connectivity index (χ2v) is 6.04. The minimum absolute atomic E-state index is 0.126. The Bertz CT molecular complexity index is 235. The summed E-state index contributed by atoms with van der Waals surface area (Å²) in [5, 5.41) is 0. The van der Waals surface area contributed by atoms with Gasteiger partial charge in [-0.1, -0.05) is 0 Å². The smallest absolute Gasteiger partial charge is 0.410 e. The molecule has 3 fully saturated rings. The van der Waals surface area contributed by atoms with Gasteiger partial charge in [-0.2, -0.15) is 11.8 Å². The standard InChI is InChI=1S/C10H17NO2S/c1-10(2,3)13-9(12)11-7-4-8(11)6-14-5-7/h7-8H,4-6H2,1-3H3/t7-,8-/m1/s1. The average molecular weight is 215 g/mol. The van der Waals surface area contributed by atoms with Gasteiger partial charge in [-0.3, -0.25) is 0 Å². The SMILES string of the molecule is CC(C)(C)OC(=O)N1[C@H]2CSC[C@H]1C2. The predicted molar refractivity (Wildman–Crippen MR) is 57.6 cm³/mol. The van der Waals surface area contributed by atoms with E-state index in [0.717, 1.165) is 11.5 Å². The number of fused-ring (bicyclic) bond motifs is 2. The van der Waals surface area contributed by atoms with Gasteiger partial charge in [0.25, 0.3) is 0 Å². The summed E-state index contributed by atoms with van der Waals surface area (Å²) in [6, 6.07) is 0.877. The second kappa shape index (κ2) is 3.33. The van der Waals surface area contributed by atoms with Crippen LogP contribution in [0.2, 0.25) is 0 Å². The molecule has 0 unspecified atom stereocenters. The van der Waals surface area contributed by atoms with Crippen LogP contribution in [0.15, 0.2) is 0 Å². The van der Waals surface area contributed by atoms with Crippen LogP contribution in [0.3, 0.4) is 0 Å². The highest BCUT2D eigenvalue weighted by Gasteiger charge is 2.46. The molecule has 0 aromatic heterocycles. The van der Waals surface area contributed by atoms with E-state index >= 15 is 0 Å². The summed E-state index contributed by atoms with van der Waals surface area (Å²) in [4.78, 5) is 13.7. The normalized spacial score (nSPS) is 30.9. The molecule has 0 radical (unpaired) electrons. The second-order valence-electron chi connectivity index (χ2n) is 4.97. The highest BCUT2D eigenvalue weighted by molar-refractivity contribution is 7.99. The van der Waals surface area contributed by atoms with Crippen LogP contribution in [0.5, 0.6) is 0 Å². The molecule has 3 rings (SSSR count). The van der Waals surface area contributed by atoms with Crippen molar-refractivity contribution in [1.82, 2.24) is 4.90 Å². The number of nitrogens with zero attached hydrogens (tertiary/aromatic N) is 1. The number of ether oxygens (including phenoxy) is 1. The van der Waals surface area contributed by atoms with Crippen LogP contribution in [0.25, 0.3) is 0 Å². The largest absolute Gasteiger partial charge is 0.444 e. The van der Waals surface area contributed by atoms with Crippen LogP contribution in [0.1, 0.15) is 27.2 Å². The zero-order valence-corrected chi connectivity index (χ0v) is 9.76. The van der Waals surface area contributed by atoms with Crippen LogP contribution in [-0.2, 0) is 4.74 Å². The molecule has 3 aliphatic rings. The van der Waals surface area contributed by atoms with Gasteiger partial charge in [-0.05, 0) is 27.2 Å². The summed E-state index contributed by atoms with van der Waals surface area (Å²) in [7, 11) is 0. The van der Waals surface area contributed by atoms with E-state index in [-0.39, 0.29) is 11.7 Å². The van der Waals surface area contributed by atoms with E-state index in [4.69, 9.17) is 4.74 Å². The molecule has 80 valence electrons. The zero-order chi connectivity index (χ0) is 10.3. The first-order valence-electron chi connectivity index (χ1n) is 5.06. The first-order valence-corrected chi connectivity index (χ1v) is 6.22. The summed E-state index contributed by atoms with van der Waals surface area (Å²) < 4.78 is 5.36. The lowest BCUT2D eigenvalue weighted by atomic mass is 9.96. The predicted octanol–water partition coefficient (Wildman–Crippen LogP) is 2.11. The first kappa shape index (κ1) is 10.1. The summed E-state index contributed by atoms with van der Waals surface area (Å²) >= 11 is 1.94. The van der Waals surface area contributed by atoms with E-state index in [2.05, 4.69) is 0 Å². The maximum atomic E-state index is 11.7. The topological polar surface area (TPSA) is 29.5 Å². The van der Waals surface area contributed by atoms with Crippen molar-refractivity contribution in [3.8, 4) is 0 Å². The van der Waals surface area contributed by atoms with E-state index < -0.39 is 0 Å². The lowest BCUT2D eigenvalue weighted by Crippen LogP contribution is -2.64. The van der Waals surface area contributed by atoms with E-state index in [9.17, 15) is 4.79 Å². The Labute approximate surface area is 89.2 Å². The Morgan fingerprint density at radius 2 is 1.93 bits per heavy atom. The third kappa shape index (κ3) is 1.85. The molecular weight excluding hydrogens is 198 g/mol. The van der Waals surface area contributed by atoms with Crippen LogP contribution < -0.4 is 0 Å². The van der Waals surface area contributed by atoms with Crippen molar-refractivity contribution in [2.75, 3.05) is 11.5 Å². The average Bonchev–Trinajstić information content (AvgIpc) is 2.01. The molecule has 0 aromatic rings. The van der Waals surface area contributed by atoms with Crippen LogP contribution >= 0.6 is 11.8 Å². The number of rotatable bonds is 0. The quantitative estimate of drug-likeness (QED) is 0.620. The highest BCUT2D eigenvalue weighted by atomic mass is 32.2. The van der Waals surface area contributed by atoms with E-state index in [1.54, 1.807) is 0 Å². The third-order valence-electron chi connectivity index (χ3n) is 2.56. The molecule has 0 N–H and O–H groups in total. The lowest BCUT2D eigenvalue weighted by molar-refractivity contribution is -0.0226. The minimum atomic E-state index is -0.367. The molecule has 1 amide bonds. The maximum absolute atomic E-state index is 11.7. The Morgan fingerprint density at radius 1 is 1.36 bits per heavy atom. The number of hydrogen-bond donors (Lipinski definition) is 0. The Balaban J connectivity index is 1.93. The van der Waals surface area contributed by atoms with Crippen molar-refractivity contribution in [3.63, 3.8) is 0 Å². The van der Waals surface area contributed by atoms with Gasteiger partial charge in [-0.15, -0.1) is 0 Å². The van der Waals surface area contributed by atoms with Crippen molar-refractivity contribution < 1.29 is 9.53 Å². The number of carbonyl (C=O) groups is 1. The minimum Gasteiger partial charge on any atom is -0.444 e. The molecule has 2 bridgehead atoms. The van der Waals surface area contributed by atoms with Crippen molar-refractivity contribution >= 4 is 17.9 Å². The van der Waals surface area contributed by atoms with Crippen molar-refractivity contribution in [3.05, 3.63) is 0 Å². The van der Waals surface area contributed by atoms with Crippen LogP contribution in [-0.4, -0.2) is 40.2 Å². The first-order chi connectivity index (χ1) is 6.47. The summed E-state index contributed by atoms with van der Waals surface area (Å²) in [5.41, 5.74) is -0.367. The fourth-order valence-electron chi connectivity index (χ4n) is 1.95. The fourth-order valence-corrected chi connectivity index (χ4v) is 3.22. The van der Waals surface area contributed by atoms with Gasteiger partial charge in [0.2, 0.25) is 0 Å². The fraction of sp³-hybridized carbons (Fsp3) is 0.900. The molecule has 0 aliphatic carbocycles. The van der Waals surface area contributed by atoms with E-state index in [0.29, 0.717) is 12.1 Å². The highest BCUT2D eigenvalue weighted by Crippen LogP contribution is 2.37. The van der Waals surface area contributed by atoms with Gasteiger partial charge in [0, 0.05) is 23.6 Å². The summed E-state index contributed by atoms with van der Waals surface area (Å²) in [5.74, 6) is 2.16. The number of amides is 1. The van der Waals surface area contributed by atoms with Gasteiger partial charge < -0.3 is 9.64 Å². The van der Waals surface area contributed by atoms with Crippen LogP contribution in [0.4, 0.5) is 4.79 Å². The van der Waals surface area contributed by atoms with Gasteiger partial charge in [0.05, 0.1) is 0 Å². The Kier molecular flexibility index (Phi) is 2.41. The van der Waals surface area contributed by atoms with Crippen molar-refractivity contribution in [2.45, 2.75) is 44.9 Å². The molecule has 3 aliphatic heterocycles. The summed E-state index contributed by atoms with van der Waals surface area (Å²) in [6.07, 6.45) is 1.05. The van der Waals surface area contributed by atoms with Gasteiger partial charge in [0.1, 0.15) is 5.60 Å².